The molecule has 1 saturated carbocycles. The Morgan fingerprint density at radius 3 is 2.55 bits per heavy atom. The number of methoxy groups -OCH3 is 2. The molecule has 2 N–H and O–H groups in total. The third-order valence-corrected chi connectivity index (χ3v) is 8.82. The van der Waals surface area contributed by atoms with Gasteiger partial charge in [0.2, 0.25) is 5.91 Å². The number of esters is 1. The fraction of sp³-hybridized carbons (Fsp3) is 0.613. The fourth-order valence-corrected chi connectivity index (χ4v) is 6.56. The van der Waals surface area contributed by atoms with Crippen LogP contribution in [0.15, 0.2) is 23.0 Å². The predicted octanol–water partition coefficient (Wildman–Crippen LogP) is 3.71. The van der Waals surface area contributed by atoms with Crippen molar-refractivity contribution in [3.63, 3.8) is 0 Å². The Bertz CT molecular complexity index is 1400. The maximum atomic E-state index is 14.1. The summed E-state index contributed by atoms with van der Waals surface area (Å²) in [6, 6.07) is 3.44. The van der Waals surface area contributed by atoms with Crippen LogP contribution in [0.5, 0.6) is 11.5 Å². The Hall–Kier alpha value is -3.76. The molecule has 1 aliphatic carbocycles. The van der Waals surface area contributed by atoms with Crippen molar-refractivity contribution in [2.45, 2.75) is 83.4 Å². The third-order valence-electron chi connectivity index (χ3n) is 8.82. The molecule has 228 valence electrons. The van der Waals surface area contributed by atoms with E-state index in [1.807, 2.05) is 19.9 Å². The van der Waals surface area contributed by atoms with Crippen molar-refractivity contribution in [2.75, 3.05) is 27.4 Å². The molecule has 0 unspecified atom stereocenters. The minimum Gasteiger partial charge on any atom is -0.496 e. The number of cyclic esters (lactones) is 1. The zero-order valence-corrected chi connectivity index (χ0v) is 24.8. The number of amides is 2. The molecule has 0 radical (unpaired) electrons. The molecule has 3 heterocycles. The Morgan fingerprint density at radius 2 is 1.83 bits per heavy atom. The van der Waals surface area contributed by atoms with E-state index in [1.54, 1.807) is 13.2 Å². The van der Waals surface area contributed by atoms with Gasteiger partial charge in [0.25, 0.3) is 5.56 Å². The molecule has 42 heavy (non-hydrogen) atoms. The average Bonchev–Trinajstić information content (AvgIpc) is 3.64. The molecule has 1 aromatic carbocycles. The van der Waals surface area contributed by atoms with Crippen molar-refractivity contribution in [3.8, 4) is 11.5 Å². The quantitative estimate of drug-likeness (QED) is 0.522. The molecule has 11 nitrogen and oxygen atoms in total. The van der Waals surface area contributed by atoms with Crippen LogP contribution in [0.2, 0.25) is 0 Å². The number of pyridine rings is 1. The molecule has 2 aliphatic heterocycles. The van der Waals surface area contributed by atoms with Crippen molar-refractivity contribution in [2.24, 2.45) is 11.3 Å². The number of alkyl carbamates (subject to hydrolysis) is 1. The van der Waals surface area contributed by atoms with E-state index in [-0.39, 0.29) is 42.4 Å². The first-order chi connectivity index (χ1) is 20.1. The van der Waals surface area contributed by atoms with Crippen LogP contribution in [-0.2, 0) is 25.5 Å². The van der Waals surface area contributed by atoms with E-state index >= 15 is 0 Å². The van der Waals surface area contributed by atoms with Crippen molar-refractivity contribution < 1.29 is 33.3 Å². The molecule has 2 aromatic rings. The summed E-state index contributed by atoms with van der Waals surface area (Å²) in [5.74, 6) is 0.0450. The summed E-state index contributed by atoms with van der Waals surface area (Å²) in [6.07, 6.45) is 4.77. The summed E-state index contributed by atoms with van der Waals surface area (Å²) < 4.78 is 22.7. The molecular weight excluding hydrogens is 542 g/mol. The number of rotatable bonds is 3. The van der Waals surface area contributed by atoms with Crippen LogP contribution in [0.3, 0.4) is 0 Å². The van der Waals surface area contributed by atoms with Crippen LogP contribution >= 0.6 is 0 Å². The molecule has 11 heteroatoms. The van der Waals surface area contributed by atoms with E-state index in [9.17, 15) is 19.2 Å². The van der Waals surface area contributed by atoms with Crippen LogP contribution in [0.25, 0.3) is 10.9 Å². The first-order valence-electron chi connectivity index (χ1n) is 14.8. The molecule has 2 amide bonds. The lowest BCUT2D eigenvalue weighted by Gasteiger charge is -2.31. The first kappa shape index (κ1) is 29.7. The molecule has 1 aromatic heterocycles. The maximum absolute atomic E-state index is 14.1. The molecule has 4 bridgehead atoms. The third kappa shape index (κ3) is 6.34. The number of benzene rings is 1. The molecule has 0 spiro atoms. The lowest BCUT2D eigenvalue weighted by atomic mass is 9.87. The Morgan fingerprint density at radius 1 is 1.07 bits per heavy atom. The van der Waals surface area contributed by atoms with Gasteiger partial charge in [0.15, 0.2) is 0 Å². The topological polar surface area (TPSA) is 136 Å². The van der Waals surface area contributed by atoms with Crippen LogP contribution < -0.4 is 20.3 Å². The van der Waals surface area contributed by atoms with Gasteiger partial charge in [-0.3, -0.25) is 9.59 Å². The summed E-state index contributed by atoms with van der Waals surface area (Å²) >= 11 is 0. The summed E-state index contributed by atoms with van der Waals surface area (Å²) in [4.78, 5) is 56.9. The van der Waals surface area contributed by atoms with Gasteiger partial charge in [-0.1, -0.05) is 26.7 Å². The predicted molar refractivity (Wildman–Crippen MR) is 155 cm³/mol. The van der Waals surface area contributed by atoms with Crippen LogP contribution in [0, 0.1) is 11.3 Å². The second-order valence-electron chi connectivity index (χ2n) is 12.5. The summed E-state index contributed by atoms with van der Waals surface area (Å²) in [6.45, 7) is 4.37. The second-order valence-corrected chi connectivity index (χ2v) is 12.5. The first-order valence-corrected chi connectivity index (χ1v) is 14.8. The Kier molecular flexibility index (Phi) is 8.65. The Labute approximate surface area is 245 Å². The number of hydrogen-bond donors (Lipinski definition) is 2. The minimum absolute atomic E-state index is 0.0630. The number of nitrogens with one attached hydrogen (secondary N) is 2. The number of hydrogen-bond acceptors (Lipinski definition) is 8. The monoisotopic (exact) mass is 583 g/mol. The molecule has 3 atom stereocenters. The van der Waals surface area contributed by atoms with Gasteiger partial charge in [-0.05, 0) is 55.1 Å². The zero-order valence-electron chi connectivity index (χ0n) is 24.8. The van der Waals surface area contributed by atoms with Crippen LogP contribution in [0.1, 0.15) is 64.4 Å². The van der Waals surface area contributed by atoms with Gasteiger partial charge in [0.05, 0.1) is 32.9 Å². The normalized spacial score (nSPS) is 25.3. The molecule has 5 rings (SSSR count). The van der Waals surface area contributed by atoms with Gasteiger partial charge < -0.3 is 34.1 Å². The zero-order chi connectivity index (χ0) is 30.0. The van der Waals surface area contributed by atoms with Crippen LogP contribution in [-0.4, -0.2) is 73.4 Å². The number of aromatic amines is 1. The SMILES string of the molecule is COC(=O)[C@@H]1C[C@@H]2CN1C(=O)[C@H](C1CCCC1)NC(=O)OCC(C)(C)CCCc1cc3c(cc(=O)[nH]c3cc1OC)O2. The van der Waals surface area contributed by atoms with Gasteiger partial charge >= 0.3 is 12.1 Å². The van der Waals surface area contributed by atoms with Crippen LogP contribution in [0.4, 0.5) is 4.79 Å². The van der Waals surface area contributed by atoms with Gasteiger partial charge in [0, 0.05) is 23.9 Å². The highest BCUT2D eigenvalue weighted by molar-refractivity contribution is 5.91. The number of nitrogens with zero attached hydrogens (tertiary/aromatic N) is 1. The lowest BCUT2D eigenvalue weighted by Crippen LogP contribution is -2.54. The summed E-state index contributed by atoms with van der Waals surface area (Å²) in [5, 5.41) is 3.56. The number of carbonyl (C=O) groups is 3. The van der Waals surface area contributed by atoms with E-state index in [1.165, 1.54) is 18.1 Å². The van der Waals surface area contributed by atoms with Crippen molar-refractivity contribution in [1.29, 1.82) is 0 Å². The number of ether oxygens (including phenoxy) is 4. The number of aryl methyl sites for hydroxylation is 1. The van der Waals surface area contributed by atoms with Gasteiger partial charge in [-0.2, -0.15) is 0 Å². The second kappa shape index (κ2) is 12.2. The number of aromatic nitrogens is 1. The average molecular weight is 584 g/mol. The Balaban J connectivity index is 1.55. The van der Waals surface area contributed by atoms with E-state index in [0.29, 0.717) is 28.8 Å². The summed E-state index contributed by atoms with van der Waals surface area (Å²) in [7, 11) is 2.87. The highest BCUT2D eigenvalue weighted by atomic mass is 16.5. The van der Waals surface area contributed by atoms with E-state index in [0.717, 1.165) is 44.1 Å². The number of fused-ring (bicyclic) bond motifs is 3. The van der Waals surface area contributed by atoms with Crippen molar-refractivity contribution >= 4 is 28.9 Å². The van der Waals surface area contributed by atoms with Gasteiger partial charge in [-0.25, -0.2) is 9.59 Å². The molecular formula is C31H41N3O8. The lowest BCUT2D eigenvalue weighted by molar-refractivity contribution is -0.152. The highest BCUT2D eigenvalue weighted by Gasteiger charge is 2.46. The standard InChI is InChI=1S/C31H41N3O8/c1-31(2)11-7-10-19-12-21-22(14-24(19)39-3)32-26(35)15-25(21)42-20-13-23(29(37)40-4)34(16-20)28(36)27(18-8-5-6-9-18)33-30(38)41-17-31/h12,14-15,18,20,23,27H,5-11,13,16-17H2,1-4H3,(H,32,35)(H,33,38)/t20-,23+,27+/m1/s1. The van der Waals surface area contributed by atoms with Crippen molar-refractivity contribution in [3.05, 3.63) is 34.1 Å². The van der Waals surface area contributed by atoms with E-state index in [2.05, 4.69) is 10.3 Å². The maximum Gasteiger partial charge on any atom is 0.407 e. The van der Waals surface area contributed by atoms with Gasteiger partial charge in [0.1, 0.15) is 29.7 Å². The smallest absolute Gasteiger partial charge is 0.407 e. The fourth-order valence-electron chi connectivity index (χ4n) is 6.56. The molecule has 1 saturated heterocycles. The van der Waals surface area contributed by atoms with Gasteiger partial charge in [-0.15, -0.1) is 0 Å². The van der Waals surface area contributed by atoms with Crippen molar-refractivity contribution in [1.82, 2.24) is 15.2 Å². The van der Waals surface area contributed by atoms with E-state index in [4.69, 9.17) is 18.9 Å². The minimum atomic E-state index is -0.890. The summed E-state index contributed by atoms with van der Waals surface area (Å²) in [5.41, 5.74) is 0.876. The highest BCUT2D eigenvalue weighted by Crippen LogP contribution is 2.35. The van der Waals surface area contributed by atoms with E-state index < -0.39 is 30.3 Å². The number of H-pyrrole nitrogens is 1. The number of carbonyl (C=O) groups excluding carboxylic acids is 3. The molecule has 2 fully saturated rings. The molecule has 3 aliphatic rings. The largest absolute Gasteiger partial charge is 0.496 e.